The van der Waals surface area contributed by atoms with E-state index in [1.165, 1.54) is 5.56 Å². The molecule has 2 aromatic rings. The Balaban J connectivity index is 1.48. The van der Waals surface area contributed by atoms with Crippen molar-refractivity contribution in [2.45, 2.75) is 38.6 Å². The monoisotopic (exact) mass is 349 g/mol. The van der Waals surface area contributed by atoms with Gasteiger partial charge in [-0.2, -0.15) is 0 Å². The molecule has 1 unspecified atom stereocenters. The molecule has 4 rings (SSSR count). The molecule has 2 heterocycles. The summed E-state index contributed by atoms with van der Waals surface area (Å²) in [5.41, 5.74) is 5.09. The maximum Gasteiger partial charge on any atom is 0.249 e. The maximum atomic E-state index is 12.8. The summed E-state index contributed by atoms with van der Waals surface area (Å²) in [6.45, 7) is 2.77. The molecule has 5 nitrogen and oxygen atoms in total. The van der Waals surface area contributed by atoms with Gasteiger partial charge >= 0.3 is 0 Å². The molecule has 134 valence electrons. The van der Waals surface area contributed by atoms with Crippen molar-refractivity contribution in [1.82, 2.24) is 0 Å². The van der Waals surface area contributed by atoms with Crippen molar-refractivity contribution in [2.75, 3.05) is 22.1 Å². The van der Waals surface area contributed by atoms with E-state index in [-0.39, 0.29) is 17.9 Å². The lowest BCUT2D eigenvalue weighted by Gasteiger charge is -2.18. The number of carbonyl (C=O) groups is 2. The summed E-state index contributed by atoms with van der Waals surface area (Å²) in [6, 6.07) is 13.8. The van der Waals surface area contributed by atoms with Crippen LogP contribution in [0, 0.1) is 6.92 Å². The van der Waals surface area contributed by atoms with Gasteiger partial charge in [-0.15, -0.1) is 0 Å². The normalized spacial score (nSPS) is 19.7. The Morgan fingerprint density at radius 2 is 1.88 bits per heavy atom. The summed E-state index contributed by atoms with van der Waals surface area (Å²) in [5, 5.41) is 6.32. The standard InChI is InChI=1S/C21H23N3O2/c1-14-5-8-17(9-6-14)24-12-11-19(21(24)26)22-16-7-10-18-15(13-16)3-2-4-20(25)23-18/h5-10,13,19,22H,2-4,11-12H2,1H3,(H,23,25). The van der Waals surface area contributed by atoms with Gasteiger partial charge in [-0.1, -0.05) is 17.7 Å². The Morgan fingerprint density at radius 1 is 1.08 bits per heavy atom. The van der Waals surface area contributed by atoms with Crippen molar-refractivity contribution >= 4 is 28.9 Å². The fourth-order valence-electron chi connectivity index (χ4n) is 3.66. The molecule has 1 atom stereocenters. The van der Waals surface area contributed by atoms with Crippen LogP contribution in [0.25, 0.3) is 0 Å². The topological polar surface area (TPSA) is 61.4 Å². The van der Waals surface area contributed by atoms with Crippen LogP contribution in [-0.2, 0) is 16.0 Å². The van der Waals surface area contributed by atoms with E-state index in [1.807, 2.05) is 48.2 Å². The average molecular weight is 349 g/mol. The first-order valence-electron chi connectivity index (χ1n) is 9.17. The molecule has 0 aromatic heterocycles. The van der Waals surface area contributed by atoms with Gasteiger partial charge < -0.3 is 15.5 Å². The van der Waals surface area contributed by atoms with Crippen LogP contribution in [0.15, 0.2) is 42.5 Å². The van der Waals surface area contributed by atoms with Gasteiger partial charge in [0.1, 0.15) is 6.04 Å². The van der Waals surface area contributed by atoms with Crippen LogP contribution in [0.2, 0.25) is 0 Å². The summed E-state index contributed by atoms with van der Waals surface area (Å²) < 4.78 is 0. The number of benzene rings is 2. The van der Waals surface area contributed by atoms with E-state index in [0.29, 0.717) is 6.42 Å². The van der Waals surface area contributed by atoms with E-state index in [2.05, 4.69) is 16.7 Å². The molecule has 0 radical (unpaired) electrons. The second-order valence-corrected chi connectivity index (χ2v) is 7.08. The molecule has 0 bridgehead atoms. The predicted octanol–water partition coefficient (Wildman–Crippen LogP) is 3.49. The molecular formula is C21H23N3O2. The Morgan fingerprint density at radius 3 is 2.69 bits per heavy atom. The minimum atomic E-state index is -0.213. The third-order valence-corrected chi connectivity index (χ3v) is 5.12. The number of hydrogen-bond donors (Lipinski definition) is 2. The van der Waals surface area contributed by atoms with Crippen LogP contribution in [0.1, 0.15) is 30.4 Å². The summed E-state index contributed by atoms with van der Waals surface area (Å²) in [4.78, 5) is 26.3. The molecule has 2 aliphatic rings. The molecule has 1 fully saturated rings. The van der Waals surface area contributed by atoms with Crippen molar-refractivity contribution in [3.8, 4) is 0 Å². The van der Waals surface area contributed by atoms with Gasteiger partial charge in [0.25, 0.3) is 0 Å². The van der Waals surface area contributed by atoms with E-state index < -0.39 is 0 Å². The molecule has 26 heavy (non-hydrogen) atoms. The number of anilines is 3. The fourth-order valence-corrected chi connectivity index (χ4v) is 3.66. The molecule has 0 saturated carbocycles. The Kier molecular flexibility index (Phi) is 4.37. The number of amides is 2. The Hall–Kier alpha value is -2.82. The zero-order valence-corrected chi connectivity index (χ0v) is 14.9. The number of hydrogen-bond acceptors (Lipinski definition) is 3. The van der Waals surface area contributed by atoms with Gasteiger partial charge in [-0.05, 0) is 62.1 Å². The van der Waals surface area contributed by atoms with Crippen LogP contribution in [-0.4, -0.2) is 24.4 Å². The van der Waals surface area contributed by atoms with Crippen LogP contribution in [0.5, 0.6) is 0 Å². The average Bonchev–Trinajstić information content (AvgIpc) is 2.87. The van der Waals surface area contributed by atoms with Crippen molar-refractivity contribution in [1.29, 1.82) is 0 Å². The maximum absolute atomic E-state index is 12.8. The smallest absolute Gasteiger partial charge is 0.249 e. The third-order valence-electron chi connectivity index (χ3n) is 5.12. The van der Waals surface area contributed by atoms with Crippen LogP contribution < -0.4 is 15.5 Å². The Labute approximate surface area is 153 Å². The van der Waals surface area contributed by atoms with Gasteiger partial charge in [0.2, 0.25) is 11.8 Å². The number of aryl methyl sites for hydroxylation is 2. The van der Waals surface area contributed by atoms with Gasteiger partial charge in [0.15, 0.2) is 0 Å². The third kappa shape index (κ3) is 3.29. The Bertz CT molecular complexity index is 845. The van der Waals surface area contributed by atoms with Crippen molar-refractivity contribution in [3.63, 3.8) is 0 Å². The molecular weight excluding hydrogens is 326 g/mol. The van der Waals surface area contributed by atoms with E-state index in [9.17, 15) is 9.59 Å². The second kappa shape index (κ2) is 6.83. The summed E-state index contributed by atoms with van der Waals surface area (Å²) >= 11 is 0. The number of nitrogens with zero attached hydrogens (tertiary/aromatic N) is 1. The summed E-state index contributed by atoms with van der Waals surface area (Å²) in [7, 11) is 0. The lowest BCUT2D eigenvalue weighted by Crippen LogP contribution is -2.33. The first-order chi connectivity index (χ1) is 12.6. The quantitative estimate of drug-likeness (QED) is 0.892. The summed E-state index contributed by atoms with van der Waals surface area (Å²) in [6.07, 6.45) is 3.06. The first-order valence-corrected chi connectivity index (χ1v) is 9.17. The minimum Gasteiger partial charge on any atom is -0.374 e. The van der Waals surface area contributed by atoms with E-state index in [4.69, 9.17) is 0 Å². The number of rotatable bonds is 3. The molecule has 1 saturated heterocycles. The first kappa shape index (κ1) is 16.6. The second-order valence-electron chi connectivity index (χ2n) is 7.08. The fraction of sp³-hybridized carbons (Fsp3) is 0.333. The zero-order valence-electron chi connectivity index (χ0n) is 14.9. The van der Waals surface area contributed by atoms with Gasteiger partial charge in [-0.25, -0.2) is 0 Å². The van der Waals surface area contributed by atoms with Gasteiger partial charge in [0.05, 0.1) is 0 Å². The number of fused-ring (bicyclic) bond motifs is 1. The van der Waals surface area contributed by atoms with Gasteiger partial charge in [0, 0.05) is 30.0 Å². The van der Waals surface area contributed by atoms with E-state index in [1.54, 1.807) is 0 Å². The molecule has 0 spiro atoms. The lowest BCUT2D eigenvalue weighted by molar-refractivity contribution is -0.118. The van der Waals surface area contributed by atoms with Gasteiger partial charge in [-0.3, -0.25) is 9.59 Å². The summed E-state index contributed by atoms with van der Waals surface area (Å²) in [5.74, 6) is 0.182. The molecule has 2 N–H and O–H groups in total. The number of carbonyl (C=O) groups excluding carboxylic acids is 2. The highest BCUT2D eigenvalue weighted by atomic mass is 16.2. The molecule has 5 heteroatoms. The number of nitrogens with one attached hydrogen (secondary N) is 2. The molecule has 2 aromatic carbocycles. The van der Waals surface area contributed by atoms with E-state index in [0.717, 1.165) is 48.4 Å². The zero-order chi connectivity index (χ0) is 18.1. The highest BCUT2D eigenvalue weighted by molar-refractivity contribution is 6.01. The predicted molar refractivity (Wildman–Crippen MR) is 104 cm³/mol. The van der Waals surface area contributed by atoms with Crippen molar-refractivity contribution in [2.24, 2.45) is 0 Å². The highest BCUT2D eigenvalue weighted by Crippen LogP contribution is 2.28. The van der Waals surface area contributed by atoms with Crippen molar-refractivity contribution in [3.05, 3.63) is 53.6 Å². The van der Waals surface area contributed by atoms with Crippen LogP contribution in [0.4, 0.5) is 17.1 Å². The van der Waals surface area contributed by atoms with Crippen LogP contribution in [0.3, 0.4) is 0 Å². The van der Waals surface area contributed by atoms with Crippen LogP contribution >= 0.6 is 0 Å². The molecule has 2 aliphatic heterocycles. The van der Waals surface area contributed by atoms with E-state index >= 15 is 0 Å². The largest absolute Gasteiger partial charge is 0.374 e. The molecule has 2 amide bonds. The highest BCUT2D eigenvalue weighted by Gasteiger charge is 2.32. The molecule has 0 aliphatic carbocycles. The lowest BCUT2D eigenvalue weighted by atomic mass is 10.1. The SMILES string of the molecule is Cc1ccc(N2CCC(Nc3ccc4c(c3)CCCC(=O)N4)C2=O)cc1. The van der Waals surface area contributed by atoms with Crippen molar-refractivity contribution < 1.29 is 9.59 Å². The minimum absolute atomic E-state index is 0.0733.